The molecule has 0 bridgehead atoms. The third kappa shape index (κ3) is 5.31. The van der Waals surface area contributed by atoms with Gasteiger partial charge >= 0.3 is 5.97 Å². The average Bonchev–Trinajstić information content (AvgIpc) is 2.66. The van der Waals surface area contributed by atoms with Crippen LogP contribution in [0.2, 0.25) is 0 Å². The summed E-state index contributed by atoms with van der Waals surface area (Å²) in [6.45, 7) is 0.855. The van der Waals surface area contributed by atoms with Crippen LogP contribution in [0.5, 0.6) is 0 Å². The van der Waals surface area contributed by atoms with E-state index in [0.29, 0.717) is 0 Å². The Balaban J connectivity index is 2.19. The van der Waals surface area contributed by atoms with E-state index in [4.69, 9.17) is 11.2 Å². The van der Waals surface area contributed by atoms with Gasteiger partial charge in [0.15, 0.2) is 6.61 Å². The molecule has 9 heteroatoms. The lowest BCUT2D eigenvalue weighted by molar-refractivity contribution is -0.123. The molecule has 0 aliphatic carbocycles. The number of benzene rings is 2. The van der Waals surface area contributed by atoms with Crippen molar-refractivity contribution in [1.29, 1.82) is 0 Å². The van der Waals surface area contributed by atoms with Gasteiger partial charge in [0, 0.05) is 0 Å². The molecule has 0 unspecified atom stereocenters. The molecule has 28 heavy (non-hydrogen) atoms. The number of sulfonamides is 1. The van der Waals surface area contributed by atoms with Crippen LogP contribution in [0.4, 0.5) is 10.1 Å². The molecule has 0 radical (unpaired) electrons. The molecule has 0 fully saturated rings. The van der Waals surface area contributed by atoms with E-state index in [2.05, 4.69) is 16.0 Å². The first-order chi connectivity index (χ1) is 13.2. The molecule has 2 N–H and O–H groups in total. The van der Waals surface area contributed by atoms with Crippen LogP contribution in [0.15, 0.2) is 47.4 Å². The number of carbonyl (C=O) groups excluding carboxylic acids is 2. The summed E-state index contributed by atoms with van der Waals surface area (Å²) in [5.74, 6) is 0.177. The van der Waals surface area contributed by atoms with E-state index < -0.39 is 34.3 Å². The zero-order valence-corrected chi connectivity index (χ0v) is 15.7. The molecule has 146 valence electrons. The average molecular weight is 404 g/mol. The number of hydrogen-bond donors (Lipinski definition) is 2. The maximum absolute atomic E-state index is 13.4. The summed E-state index contributed by atoms with van der Waals surface area (Å²) in [6, 6.07) is 9.06. The highest BCUT2D eigenvalue weighted by Gasteiger charge is 2.20. The Labute approximate surface area is 162 Å². The van der Waals surface area contributed by atoms with Gasteiger partial charge in [0.25, 0.3) is 15.9 Å². The van der Waals surface area contributed by atoms with Gasteiger partial charge in [-0.2, -0.15) is 0 Å². The molecule has 0 heterocycles. The molecule has 0 saturated heterocycles. The Bertz CT molecular complexity index is 1040. The van der Waals surface area contributed by atoms with Crippen molar-refractivity contribution < 1.29 is 27.1 Å². The van der Waals surface area contributed by atoms with Gasteiger partial charge in [-0.1, -0.05) is 18.1 Å². The minimum atomic E-state index is -4.08. The number of halogens is 1. The van der Waals surface area contributed by atoms with Gasteiger partial charge in [-0.05, 0) is 42.8 Å². The van der Waals surface area contributed by atoms with Gasteiger partial charge in [0.2, 0.25) is 0 Å². The fourth-order valence-electron chi connectivity index (χ4n) is 2.15. The van der Waals surface area contributed by atoms with Crippen molar-refractivity contribution in [3.05, 3.63) is 59.4 Å². The first-order valence-electron chi connectivity index (χ1n) is 8.00. The van der Waals surface area contributed by atoms with E-state index >= 15 is 0 Å². The molecule has 2 rings (SSSR count). The van der Waals surface area contributed by atoms with Crippen LogP contribution in [0.25, 0.3) is 0 Å². The van der Waals surface area contributed by atoms with Crippen LogP contribution >= 0.6 is 0 Å². The van der Waals surface area contributed by atoms with Crippen molar-refractivity contribution in [3.8, 4) is 12.3 Å². The second kappa shape index (κ2) is 9.01. The molecule has 1 amide bonds. The molecular weight excluding hydrogens is 387 g/mol. The van der Waals surface area contributed by atoms with Crippen LogP contribution < -0.4 is 10.0 Å². The van der Waals surface area contributed by atoms with E-state index in [0.717, 1.165) is 12.1 Å². The predicted octanol–water partition coefficient (Wildman–Crippen LogP) is 1.84. The Kier molecular flexibility index (Phi) is 6.74. The predicted molar refractivity (Wildman–Crippen MR) is 101 cm³/mol. The number of hydrogen-bond acceptors (Lipinski definition) is 5. The summed E-state index contributed by atoms with van der Waals surface area (Å²) in [7, 11) is -4.08. The lowest BCUT2D eigenvalue weighted by Gasteiger charge is -2.13. The molecule has 0 aliphatic rings. The number of amides is 1. The lowest BCUT2D eigenvalue weighted by Crippen LogP contribution is -2.29. The van der Waals surface area contributed by atoms with Crippen LogP contribution in [-0.2, 0) is 19.6 Å². The number of nitrogens with one attached hydrogen (secondary N) is 2. The summed E-state index contributed by atoms with van der Waals surface area (Å²) in [5, 5.41) is 2.33. The summed E-state index contributed by atoms with van der Waals surface area (Å²) in [5.41, 5.74) is 0.0294. The number of carbonyl (C=O) groups is 2. The minimum Gasteiger partial charge on any atom is -0.452 e. The zero-order chi connectivity index (χ0) is 20.7. The van der Waals surface area contributed by atoms with Crippen molar-refractivity contribution in [3.63, 3.8) is 0 Å². The second-order valence-corrected chi connectivity index (χ2v) is 7.30. The van der Waals surface area contributed by atoms with Gasteiger partial charge in [-0.3, -0.25) is 9.52 Å². The number of esters is 1. The van der Waals surface area contributed by atoms with Gasteiger partial charge in [-0.15, -0.1) is 6.42 Å². The summed E-state index contributed by atoms with van der Waals surface area (Å²) >= 11 is 0. The first kappa shape index (κ1) is 20.9. The highest BCUT2D eigenvalue weighted by molar-refractivity contribution is 7.92. The Morgan fingerprint density at radius 3 is 2.61 bits per heavy atom. The number of terminal acetylenes is 1. The fraction of sp³-hybridized carbons (Fsp3) is 0.158. The monoisotopic (exact) mass is 404 g/mol. The van der Waals surface area contributed by atoms with Gasteiger partial charge in [-0.25, -0.2) is 17.6 Å². The van der Waals surface area contributed by atoms with Crippen molar-refractivity contribution in [1.82, 2.24) is 5.32 Å². The van der Waals surface area contributed by atoms with Crippen LogP contribution in [0.1, 0.15) is 15.9 Å². The van der Waals surface area contributed by atoms with Gasteiger partial charge < -0.3 is 10.1 Å². The number of rotatable bonds is 7. The largest absolute Gasteiger partial charge is 0.452 e. The number of ether oxygens (including phenoxy) is 1. The zero-order valence-electron chi connectivity index (χ0n) is 14.9. The van der Waals surface area contributed by atoms with Crippen LogP contribution in [0.3, 0.4) is 0 Å². The molecule has 7 nitrogen and oxygen atoms in total. The minimum absolute atomic E-state index is 0.0101. The molecule has 2 aromatic carbocycles. The van der Waals surface area contributed by atoms with Crippen molar-refractivity contribution in [2.75, 3.05) is 17.9 Å². The molecule has 0 spiro atoms. The number of aryl methyl sites for hydroxylation is 1. The second-order valence-electron chi connectivity index (χ2n) is 5.62. The van der Waals surface area contributed by atoms with E-state index in [1.165, 1.54) is 37.3 Å². The quantitative estimate of drug-likeness (QED) is 0.542. The molecule has 0 saturated carbocycles. The van der Waals surface area contributed by atoms with Crippen LogP contribution in [0, 0.1) is 25.1 Å². The highest BCUT2D eigenvalue weighted by atomic mass is 32.2. The third-order valence-electron chi connectivity index (χ3n) is 3.55. The van der Waals surface area contributed by atoms with E-state index in [-0.39, 0.29) is 28.3 Å². The molecule has 2 aromatic rings. The van der Waals surface area contributed by atoms with E-state index in [1.807, 2.05) is 0 Å². The topological polar surface area (TPSA) is 102 Å². The molecule has 0 aromatic heterocycles. The Morgan fingerprint density at radius 1 is 1.21 bits per heavy atom. The van der Waals surface area contributed by atoms with Crippen LogP contribution in [-0.4, -0.2) is 33.4 Å². The van der Waals surface area contributed by atoms with Crippen molar-refractivity contribution >= 4 is 27.6 Å². The Morgan fingerprint density at radius 2 is 1.93 bits per heavy atom. The van der Waals surface area contributed by atoms with Gasteiger partial charge in [0.1, 0.15) is 5.82 Å². The third-order valence-corrected chi connectivity index (χ3v) is 4.92. The lowest BCUT2D eigenvalue weighted by atomic mass is 10.2. The molecule has 0 aliphatic heterocycles. The summed E-state index contributed by atoms with van der Waals surface area (Å²) in [6.07, 6.45) is 5.01. The normalized spacial score (nSPS) is 10.6. The van der Waals surface area contributed by atoms with E-state index in [9.17, 15) is 22.4 Å². The summed E-state index contributed by atoms with van der Waals surface area (Å²) < 4.78 is 45.7. The number of para-hydroxylation sites is 1. The maximum atomic E-state index is 13.4. The SMILES string of the molecule is C#CCNC(=O)COC(=O)c1ccccc1NS(=O)(=O)c1ccc(F)c(C)c1. The number of anilines is 1. The first-order valence-corrected chi connectivity index (χ1v) is 9.48. The van der Waals surface area contributed by atoms with Crippen molar-refractivity contribution in [2.45, 2.75) is 11.8 Å². The maximum Gasteiger partial charge on any atom is 0.340 e. The fourth-order valence-corrected chi connectivity index (χ4v) is 3.31. The Hall–Kier alpha value is -3.38. The molecular formula is C19H17FN2O5S. The molecule has 0 atom stereocenters. The standard InChI is InChI=1S/C19H17FN2O5S/c1-3-10-21-18(23)12-27-19(24)15-6-4-5-7-17(15)22-28(25,26)14-8-9-16(20)13(2)11-14/h1,4-9,11,22H,10,12H2,2H3,(H,21,23). The van der Waals surface area contributed by atoms with Gasteiger partial charge in [0.05, 0.1) is 22.7 Å². The smallest absolute Gasteiger partial charge is 0.340 e. The van der Waals surface area contributed by atoms with Crippen molar-refractivity contribution in [2.24, 2.45) is 0 Å². The van der Waals surface area contributed by atoms with E-state index in [1.54, 1.807) is 0 Å². The highest BCUT2D eigenvalue weighted by Crippen LogP contribution is 2.22. The summed E-state index contributed by atoms with van der Waals surface area (Å²) in [4.78, 5) is 23.5.